The molecule has 0 aliphatic rings. The van der Waals surface area contributed by atoms with Crippen molar-refractivity contribution >= 4 is 11.5 Å². The molecule has 0 aliphatic heterocycles. The second-order valence-electron chi connectivity index (χ2n) is 4.64. The number of aromatic nitrogens is 4. The predicted molar refractivity (Wildman–Crippen MR) is 69.5 cm³/mol. The maximum atomic E-state index is 13.1. The molecule has 0 saturated carbocycles. The minimum absolute atomic E-state index is 0.0172. The number of hydrogen-bond donors (Lipinski definition) is 1. The zero-order valence-electron chi connectivity index (χ0n) is 11.3. The fraction of sp³-hybridized carbons (Fsp3) is 0.154. The van der Waals surface area contributed by atoms with Gasteiger partial charge in [0, 0.05) is 12.6 Å². The number of halogens is 5. The third-order valence-electron chi connectivity index (χ3n) is 2.91. The Morgan fingerprint density at radius 2 is 1.70 bits per heavy atom. The Kier molecular flexibility index (Phi) is 3.58. The van der Waals surface area contributed by atoms with Gasteiger partial charge in [-0.05, 0) is 29.8 Å². The monoisotopic (exact) mass is 329 g/mol. The van der Waals surface area contributed by atoms with Gasteiger partial charge in [0.1, 0.15) is 17.5 Å². The second-order valence-corrected chi connectivity index (χ2v) is 4.64. The first-order chi connectivity index (χ1) is 10.8. The molecule has 0 radical (unpaired) electrons. The van der Waals surface area contributed by atoms with Crippen molar-refractivity contribution in [1.82, 2.24) is 19.8 Å². The van der Waals surface area contributed by atoms with Crippen LogP contribution in [-0.4, -0.2) is 19.8 Å². The van der Waals surface area contributed by atoms with Gasteiger partial charge in [-0.3, -0.25) is 0 Å². The summed E-state index contributed by atoms with van der Waals surface area (Å²) in [6.07, 6.45) is -4.70. The molecule has 3 rings (SSSR count). The van der Waals surface area contributed by atoms with Gasteiger partial charge in [0.05, 0.1) is 0 Å². The standard InChI is InChI=1S/C13H8F5N5/c14-8-3-7(4-9(15)5-8)6-19-10-1-2-11-20-21-12(13(16,17)18)23(11)22-10/h1-5H,6H2,(H,19,22). The molecule has 2 aromatic heterocycles. The van der Waals surface area contributed by atoms with Gasteiger partial charge in [0.2, 0.25) is 0 Å². The SMILES string of the molecule is Fc1cc(F)cc(CNc2ccc3nnc(C(F)(F)F)n3n2)c1. The first kappa shape index (κ1) is 15.1. The average Bonchev–Trinajstić information content (AvgIpc) is 2.87. The number of anilines is 1. The molecule has 120 valence electrons. The van der Waals surface area contributed by atoms with Crippen LogP contribution in [0, 0.1) is 11.6 Å². The Morgan fingerprint density at radius 3 is 2.35 bits per heavy atom. The molecule has 2 heterocycles. The molecular formula is C13H8F5N5. The van der Waals surface area contributed by atoms with Gasteiger partial charge >= 0.3 is 6.18 Å². The number of hydrogen-bond acceptors (Lipinski definition) is 4. The predicted octanol–water partition coefficient (Wildman–Crippen LogP) is 3.03. The summed E-state index contributed by atoms with van der Waals surface area (Å²) in [6.45, 7) is -0.0172. The number of benzene rings is 1. The highest BCUT2D eigenvalue weighted by Crippen LogP contribution is 2.27. The third kappa shape index (κ3) is 3.20. The Morgan fingerprint density at radius 1 is 1.00 bits per heavy atom. The molecule has 3 aromatic rings. The Balaban J connectivity index is 1.86. The van der Waals surface area contributed by atoms with Gasteiger partial charge < -0.3 is 5.32 Å². The van der Waals surface area contributed by atoms with E-state index in [1.165, 1.54) is 12.1 Å². The highest BCUT2D eigenvalue weighted by Gasteiger charge is 2.37. The van der Waals surface area contributed by atoms with E-state index in [9.17, 15) is 22.0 Å². The van der Waals surface area contributed by atoms with Crippen LogP contribution in [0.3, 0.4) is 0 Å². The molecule has 0 amide bonds. The molecule has 0 bridgehead atoms. The first-order valence-electron chi connectivity index (χ1n) is 6.31. The largest absolute Gasteiger partial charge is 0.453 e. The summed E-state index contributed by atoms with van der Waals surface area (Å²) in [7, 11) is 0. The highest BCUT2D eigenvalue weighted by atomic mass is 19.4. The van der Waals surface area contributed by atoms with Gasteiger partial charge in [-0.1, -0.05) is 0 Å². The van der Waals surface area contributed by atoms with Crippen molar-refractivity contribution in [2.45, 2.75) is 12.7 Å². The zero-order chi connectivity index (χ0) is 16.6. The van der Waals surface area contributed by atoms with Crippen LogP contribution in [0.5, 0.6) is 0 Å². The van der Waals surface area contributed by atoms with Crippen molar-refractivity contribution in [3.8, 4) is 0 Å². The summed E-state index contributed by atoms with van der Waals surface area (Å²) < 4.78 is 65.0. The topological polar surface area (TPSA) is 55.1 Å². The number of alkyl halides is 3. The van der Waals surface area contributed by atoms with Crippen LogP contribution in [0.2, 0.25) is 0 Å². The number of fused-ring (bicyclic) bond motifs is 1. The number of nitrogens with one attached hydrogen (secondary N) is 1. The van der Waals surface area contributed by atoms with E-state index < -0.39 is 23.6 Å². The maximum absolute atomic E-state index is 13.1. The molecule has 0 saturated heterocycles. The van der Waals surface area contributed by atoms with Crippen LogP contribution >= 0.6 is 0 Å². The van der Waals surface area contributed by atoms with Crippen LogP contribution < -0.4 is 5.32 Å². The second kappa shape index (κ2) is 5.45. The van der Waals surface area contributed by atoms with Crippen LogP contribution in [0.15, 0.2) is 30.3 Å². The van der Waals surface area contributed by atoms with Crippen LogP contribution in [0.1, 0.15) is 11.4 Å². The molecule has 10 heteroatoms. The molecule has 0 atom stereocenters. The smallest absolute Gasteiger partial charge is 0.365 e. The zero-order valence-corrected chi connectivity index (χ0v) is 11.3. The van der Waals surface area contributed by atoms with Crippen molar-refractivity contribution in [3.05, 3.63) is 53.4 Å². The summed E-state index contributed by atoms with van der Waals surface area (Å²) in [5.41, 5.74) is 0.212. The van der Waals surface area contributed by atoms with E-state index in [1.54, 1.807) is 0 Å². The maximum Gasteiger partial charge on any atom is 0.453 e. The average molecular weight is 329 g/mol. The Bertz CT molecular complexity index is 837. The normalized spacial score (nSPS) is 11.9. The lowest BCUT2D eigenvalue weighted by Gasteiger charge is -2.08. The van der Waals surface area contributed by atoms with Crippen molar-refractivity contribution in [3.63, 3.8) is 0 Å². The van der Waals surface area contributed by atoms with E-state index in [4.69, 9.17) is 0 Å². The van der Waals surface area contributed by atoms with Gasteiger partial charge in [-0.15, -0.1) is 15.3 Å². The van der Waals surface area contributed by atoms with E-state index in [0.717, 1.165) is 18.2 Å². The van der Waals surface area contributed by atoms with Gasteiger partial charge in [-0.25, -0.2) is 8.78 Å². The van der Waals surface area contributed by atoms with E-state index >= 15 is 0 Å². The summed E-state index contributed by atoms with van der Waals surface area (Å²) in [5, 5.41) is 12.8. The Labute approximate surface area is 125 Å². The van der Waals surface area contributed by atoms with Crippen molar-refractivity contribution < 1.29 is 22.0 Å². The molecule has 0 spiro atoms. The lowest BCUT2D eigenvalue weighted by atomic mass is 10.2. The first-order valence-corrected chi connectivity index (χ1v) is 6.31. The molecule has 1 aromatic carbocycles. The molecule has 0 unspecified atom stereocenters. The lowest BCUT2D eigenvalue weighted by Crippen LogP contribution is -2.13. The summed E-state index contributed by atoms with van der Waals surface area (Å²) in [4.78, 5) is 0. The van der Waals surface area contributed by atoms with Crippen molar-refractivity contribution in [1.29, 1.82) is 0 Å². The molecule has 1 N–H and O–H groups in total. The lowest BCUT2D eigenvalue weighted by molar-refractivity contribution is -0.146. The fourth-order valence-electron chi connectivity index (χ4n) is 1.97. The molecule has 5 nitrogen and oxygen atoms in total. The van der Waals surface area contributed by atoms with Gasteiger partial charge in [0.25, 0.3) is 5.82 Å². The third-order valence-corrected chi connectivity index (χ3v) is 2.91. The van der Waals surface area contributed by atoms with Gasteiger partial charge in [0.15, 0.2) is 5.65 Å². The Hall–Kier alpha value is -2.78. The van der Waals surface area contributed by atoms with E-state index in [1.807, 2.05) is 0 Å². The van der Waals surface area contributed by atoms with Crippen LogP contribution in [-0.2, 0) is 12.7 Å². The highest BCUT2D eigenvalue weighted by molar-refractivity contribution is 5.44. The molecule has 23 heavy (non-hydrogen) atoms. The summed E-state index contributed by atoms with van der Waals surface area (Å²) >= 11 is 0. The van der Waals surface area contributed by atoms with Gasteiger partial charge in [-0.2, -0.15) is 17.7 Å². The quantitative estimate of drug-likeness (QED) is 0.751. The van der Waals surface area contributed by atoms with Crippen molar-refractivity contribution in [2.24, 2.45) is 0 Å². The number of nitrogens with zero attached hydrogens (tertiary/aromatic N) is 4. The van der Waals surface area contributed by atoms with Crippen molar-refractivity contribution in [2.75, 3.05) is 5.32 Å². The number of rotatable bonds is 3. The van der Waals surface area contributed by atoms with E-state index in [0.29, 0.717) is 4.52 Å². The van der Waals surface area contributed by atoms with Crippen LogP contribution in [0.4, 0.5) is 27.8 Å². The summed E-state index contributed by atoms with van der Waals surface area (Å²) in [5.74, 6) is -2.67. The minimum atomic E-state index is -4.70. The van der Waals surface area contributed by atoms with E-state index in [-0.39, 0.29) is 23.6 Å². The van der Waals surface area contributed by atoms with E-state index in [2.05, 4.69) is 20.6 Å². The minimum Gasteiger partial charge on any atom is -0.365 e. The summed E-state index contributed by atoms with van der Waals surface area (Å²) in [6, 6.07) is 5.62. The molecular weight excluding hydrogens is 321 g/mol. The molecule has 0 fully saturated rings. The van der Waals surface area contributed by atoms with Crippen LogP contribution in [0.25, 0.3) is 5.65 Å². The molecule has 0 aliphatic carbocycles. The fourth-order valence-corrected chi connectivity index (χ4v) is 1.97.